The first-order valence-corrected chi connectivity index (χ1v) is 8.73. The number of rotatable bonds is 2. The van der Waals surface area contributed by atoms with Crippen molar-refractivity contribution in [2.45, 2.75) is 45.6 Å². The van der Waals surface area contributed by atoms with E-state index in [4.69, 9.17) is 0 Å². The number of piperidine rings is 1. The van der Waals surface area contributed by atoms with E-state index in [0.717, 1.165) is 49.9 Å². The highest BCUT2D eigenvalue weighted by Gasteiger charge is 2.37. The summed E-state index contributed by atoms with van der Waals surface area (Å²) in [7, 11) is 0. The van der Waals surface area contributed by atoms with Crippen molar-refractivity contribution in [3.05, 3.63) is 35.4 Å². The van der Waals surface area contributed by atoms with Crippen LogP contribution in [0.4, 0.5) is 0 Å². The summed E-state index contributed by atoms with van der Waals surface area (Å²) in [5.41, 5.74) is 1.70. The van der Waals surface area contributed by atoms with Gasteiger partial charge in [0, 0.05) is 25.2 Å². The zero-order valence-electron chi connectivity index (χ0n) is 14.1. The second-order valence-electron chi connectivity index (χ2n) is 6.98. The van der Waals surface area contributed by atoms with Gasteiger partial charge in [-0.05, 0) is 50.2 Å². The molecule has 0 unspecified atom stereocenters. The van der Waals surface area contributed by atoms with E-state index in [1.54, 1.807) is 4.90 Å². The second kappa shape index (κ2) is 6.73. The van der Waals surface area contributed by atoms with E-state index in [-0.39, 0.29) is 17.9 Å². The SMILES string of the molecule is Cc1ccccc1C(=O)N1CCC[C@@H]1C(=O)N1CCC(C)CC1. The Hall–Kier alpha value is -1.84. The maximum Gasteiger partial charge on any atom is 0.254 e. The van der Waals surface area contributed by atoms with Crippen molar-refractivity contribution in [3.63, 3.8) is 0 Å². The minimum atomic E-state index is -0.268. The number of amides is 2. The molecule has 1 aromatic rings. The molecule has 0 aromatic heterocycles. The van der Waals surface area contributed by atoms with E-state index in [1.165, 1.54) is 0 Å². The summed E-state index contributed by atoms with van der Waals surface area (Å²) < 4.78 is 0. The van der Waals surface area contributed by atoms with Crippen LogP contribution in [0.5, 0.6) is 0 Å². The summed E-state index contributed by atoms with van der Waals surface area (Å²) in [5, 5.41) is 0. The number of benzene rings is 1. The molecule has 4 nitrogen and oxygen atoms in total. The lowest BCUT2D eigenvalue weighted by Gasteiger charge is -2.34. The fourth-order valence-electron chi connectivity index (χ4n) is 3.67. The van der Waals surface area contributed by atoms with E-state index < -0.39 is 0 Å². The predicted octanol–water partition coefficient (Wildman–Crippen LogP) is 2.86. The maximum absolute atomic E-state index is 12.9. The highest BCUT2D eigenvalue weighted by molar-refractivity contribution is 5.99. The largest absolute Gasteiger partial charge is 0.341 e. The first-order valence-electron chi connectivity index (χ1n) is 8.73. The third kappa shape index (κ3) is 3.26. The van der Waals surface area contributed by atoms with Gasteiger partial charge in [-0.3, -0.25) is 9.59 Å². The van der Waals surface area contributed by atoms with Gasteiger partial charge in [0.25, 0.3) is 5.91 Å². The zero-order chi connectivity index (χ0) is 16.4. The minimum absolute atomic E-state index is 0.00401. The van der Waals surface area contributed by atoms with Gasteiger partial charge in [-0.25, -0.2) is 0 Å². The first kappa shape index (κ1) is 16.0. The number of hydrogen-bond acceptors (Lipinski definition) is 2. The Balaban J connectivity index is 1.74. The van der Waals surface area contributed by atoms with Gasteiger partial charge in [-0.1, -0.05) is 25.1 Å². The van der Waals surface area contributed by atoms with Gasteiger partial charge in [0.05, 0.1) is 0 Å². The summed E-state index contributed by atoms with van der Waals surface area (Å²) in [6.45, 7) is 6.55. The molecule has 0 bridgehead atoms. The van der Waals surface area contributed by atoms with Gasteiger partial charge in [0.15, 0.2) is 0 Å². The smallest absolute Gasteiger partial charge is 0.254 e. The van der Waals surface area contributed by atoms with Crippen molar-refractivity contribution in [2.75, 3.05) is 19.6 Å². The summed E-state index contributed by atoms with van der Waals surface area (Å²) in [6, 6.07) is 7.37. The van der Waals surface area contributed by atoms with Crippen LogP contribution in [0.2, 0.25) is 0 Å². The van der Waals surface area contributed by atoms with Crippen LogP contribution in [0.1, 0.15) is 48.5 Å². The average molecular weight is 314 g/mol. The highest BCUT2D eigenvalue weighted by atomic mass is 16.2. The lowest BCUT2D eigenvalue weighted by molar-refractivity contribution is -0.136. The Morgan fingerprint density at radius 2 is 1.74 bits per heavy atom. The second-order valence-corrected chi connectivity index (χ2v) is 6.98. The first-order chi connectivity index (χ1) is 11.1. The molecule has 3 rings (SSSR count). The van der Waals surface area contributed by atoms with Crippen LogP contribution in [-0.4, -0.2) is 47.3 Å². The number of hydrogen-bond donors (Lipinski definition) is 0. The minimum Gasteiger partial charge on any atom is -0.341 e. The number of aryl methyl sites for hydroxylation is 1. The number of carbonyl (C=O) groups is 2. The molecule has 1 atom stereocenters. The van der Waals surface area contributed by atoms with Gasteiger partial charge >= 0.3 is 0 Å². The molecule has 2 amide bonds. The number of carbonyl (C=O) groups excluding carboxylic acids is 2. The van der Waals surface area contributed by atoms with Crippen molar-refractivity contribution >= 4 is 11.8 Å². The summed E-state index contributed by atoms with van der Waals surface area (Å²) in [4.78, 5) is 29.5. The van der Waals surface area contributed by atoms with Crippen molar-refractivity contribution in [1.29, 1.82) is 0 Å². The molecular formula is C19H26N2O2. The molecule has 4 heteroatoms. The van der Waals surface area contributed by atoms with E-state index in [0.29, 0.717) is 12.5 Å². The van der Waals surface area contributed by atoms with Crippen molar-refractivity contribution in [2.24, 2.45) is 5.92 Å². The summed E-state index contributed by atoms with van der Waals surface area (Å²) >= 11 is 0. The molecule has 2 heterocycles. The van der Waals surface area contributed by atoms with Crippen LogP contribution in [0.25, 0.3) is 0 Å². The van der Waals surface area contributed by atoms with Crippen LogP contribution in [0, 0.1) is 12.8 Å². The molecule has 0 saturated carbocycles. The third-order valence-corrected chi connectivity index (χ3v) is 5.27. The highest BCUT2D eigenvalue weighted by Crippen LogP contribution is 2.25. The Morgan fingerprint density at radius 3 is 2.43 bits per heavy atom. The normalized spacial score (nSPS) is 22.4. The van der Waals surface area contributed by atoms with Crippen LogP contribution in [0.3, 0.4) is 0 Å². The molecule has 2 aliphatic heterocycles. The molecular weight excluding hydrogens is 288 g/mol. The molecule has 124 valence electrons. The van der Waals surface area contributed by atoms with Crippen LogP contribution in [-0.2, 0) is 4.79 Å². The van der Waals surface area contributed by atoms with E-state index in [9.17, 15) is 9.59 Å². The third-order valence-electron chi connectivity index (χ3n) is 5.27. The van der Waals surface area contributed by atoms with E-state index in [2.05, 4.69) is 6.92 Å². The molecule has 1 aromatic carbocycles. The van der Waals surface area contributed by atoms with Crippen molar-refractivity contribution in [3.8, 4) is 0 Å². The Kier molecular flexibility index (Phi) is 4.69. The van der Waals surface area contributed by atoms with E-state index in [1.807, 2.05) is 36.1 Å². The lowest BCUT2D eigenvalue weighted by Crippen LogP contribution is -2.50. The van der Waals surface area contributed by atoms with Gasteiger partial charge in [-0.2, -0.15) is 0 Å². The Bertz CT molecular complexity index is 591. The number of nitrogens with zero attached hydrogens (tertiary/aromatic N) is 2. The molecule has 2 fully saturated rings. The average Bonchev–Trinajstić information content (AvgIpc) is 3.04. The maximum atomic E-state index is 12.9. The van der Waals surface area contributed by atoms with Crippen molar-refractivity contribution < 1.29 is 9.59 Å². The van der Waals surface area contributed by atoms with Crippen LogP contribution in [0.15, 0.2) is 24.3 Å². The van der Waals surface area contributed by atoms with Gasteiger partial charge in [0.1, 0.15) is 6.04 Å². The lowest BCUT2D eigenvalue weighted by atomic mass is 9.98. The monoisotopic (exact) mass is 314 g/mol. The molecule has 0 radical (unpaired) electrons. The molecule has 2 saturated heterocycles. The molecule has 0 aliphatic carbocycles. The topological polar surface area (TPSA) is 40.6 Å². The van der Waals surface area contributed by atoms with Gasteiger partial charge in [0.2, 0.25) is 5.91 Å². The van der Waals surface area contributed by atoms with Gasteiger partial charge in [-0.15, -0.1) is 0 Å². The quantitative estimate of drug-likeness (QED) is 0.842. The Labute approximate surface area is 138 Å². The van der Waals surface area contributed by atoms with Crippen molar-refractivity contribution in [1.82, 2.24) is 9.80 Å². The molecule has 0 N–H and O–H groups in total. The predicted molar refractivity (Wildman–Crippen MR) is 90.2 cm³/mol. The fraction of sp³-hybridized carbons (Fsp3) is 0.579. The molecule has 0 spiro atoms. The zero-order valence-corrected chi connectivity index (χ0v) is 14.1. The van der Waals surface area contributed by atoms with Gasteiger partial charge < -0.3 is 9.80 Å². The summed E-state index contributed by atoms with van der Waals surface area (Å²) in [6.07, 6.45) is 3.86. The molecule has 23 heavy (non-hydrogen) atoms. The Morgan fingerprint density at radius 1 is 1.04 bits per heavy atom. The fourth-order valence-corrected chi connectivity index (χ4v) is 3.67. The van der Waals surface area contributed by atoms with Crippen LogP contribution >= 0.6 is 0 Å². The number of likely N-dealkylation sites (tertiary alicyclic amines) is 2. The summed E-state index contributed by atoms with van der Waals surface area (Å²) in [5.74, 6) is 0.855. The molecule has 2 aliphatic rings. The van der Waals surface area contributed by atoms with Crippen LogP contribution < -0.4 is 0 Å². The standard InChI is InChI=1S/C19H26N2O2/c1-14-9-12-20(13-10-14)19(23)17-8-5-11-21(17)18(22)16-7-4-3-6-15(16)2/h3-4,6-7,14,17H,5,8-13H2,1-2H3/t17-/m1/s1. The van der Waals surface area contributed by atoms with E-state index >= 15 is 0 Å².